The standard InChI is InChI=1S/C17H24O3/c1-4-12(2)14-9-10-17(20)15(11-14)16(19)8-6-5-7-13(3)18/h9-12,20H,4-8H2,1-3H3. The molecule has 110 valence electrons. The highest BCUT2D eigenvalue weighted by molar-refractivity contribution is 5.98. The molecule has 0 aliphatic heterocycles. The smallest absolute Gasteiger partial charge is 0.166 e. The lowest BCUT2D eigenvalue weighted by atomic mass is 9.94. The molecule has 1 atom stereocenters. The number of phenolic OH excluding ortho intramolecular Hbond substituents is 1. The van der Waals surface area contributed by atoms with Crippen LogP contribution >= 0.6 is 0 Å². The lowest BCUT2D eigenvalue weighted by Crippen LogP contribution is -2.02. The van der Waals surface area contributed by atoms with Gasteiger partial charge in [0.15, 0.2) is 5.78 Å². The molecule has 0 saturated carbocycles. The zero-order chi connectivity index (χ0) is 15.1. The van der Waals surface area contributed by atoms with Crippen molar-refractivity contribution < 1.29 is 14.7 Å². The molecule has 20 heavy (non-hydrogen) atoms. The van der Waals surface area contributed by atoms with Gasteiger partial charge in [-0.3, -0.25) is 4.79 Å². The number of unbranched alkanes of at least 4 members (excludes halogenated alkanes) is 1. The van der Waals surface area contributed by atoms with Gasteiger partial charge in [-0.05, 0) is 49.8 Å². The van der Waals surface area contributed by atoms with E-state index in [1.807, 2.05) is 6.07 Å². The Kier molecular flexibility index (Phi) is 6.43. The predicted octanol–water partition coefficient (Wildman–Crippen LogP) is 4.24. The van der Waals surface area contributed by atoms with E-state index in [-0.39, 0.29) is 17.3 Å². The highest BCUT2D eigenvalue weighted by Gasteiger charge is 2.13. The Morgan fingerprint density at radius 3 is 2.45 bits per heavy atom. The minimum atomic E-state index is -0.0452. The summed E-state index contributed by atoms with van der Waals surface area (Å²) in [5.41, 5.74) is 1.49. The van der Waals surface area contributed by atoms with Gasteiger partial charge in [-0.15, -0.1) is 0 Å². The first kappa shape index (κ1) is 16.4. The van der Waals surface area contributed by atoms with Crippen LogP contribution in [-0.4, -0.2) is 16.7 Å². The van der Waals surface area contributed by atoms with Crippen molar-refractivity contribution in [2.45, 2.75) is 58.8 Å². The molecule has 1 aromatic carbocycles. The zero-order valence-electron chi connectivity index (χ0n) is 12.6. The largest absolute Gasteiger partial charge is 0.507 e. The van der Waals surface area contributed by atoms with Gasteiger partial charge in [0.2, 0.25) is 0 Å². The molecule has 0 radical (unpaired) electrons. The lowest BCUT2D eigenvalue weighted by molar-refractivity contribution is -0.117. The molecule has 0 aromatic heterocycles. The van der Waals surface area contributed by atoms with E-state index >= 15 is 0 Å². The minimum absolute atomic E-state index is 0.0452. The van der Waals surface area contributed by atoms with Crippen molar-refractivity contribution in [2.75, 3.05) is 0 Å². The summed E-state index contributed by atoms with van der Waals surface area (Å²) in [4.78, 5) is 23.0. The molecule has 0 amide bonds. The first-order chi connectivity index (χ1) is 9.45. The van der Waals surface area contributed by atoms with E-state index in [1.165, 1.54) is 0 Å². The summed E-state index contributed by atoms with van der Waals surface area (Å²) in [5.74, 6) is 0.531. The van der Waals surface area contributed by atoms with Crippen molar-refractivity contribution in [3.8, 4) is 5.75 Å². The van der Waals surface area contributed by atoms with E-state index in [0.29, 0.717) is 30.7 Å². The second-order valence-electron chi connectivity index (χ2n) is 5.42. The Labute approximate surface area is 121 Å². The molecular weight excluding hydrogens is 252 g/mol. The summed E-state index contributed by atoms with van der Waals surface area (Å²) in [7, 11) is 0. The van der Waals surface area contributed by atoms with Crippen molar-refractivity contribution in [3.63, 3.8) is 0 Å². The Bertz CT molecular complexity index is 477. The molecule has 0 aliphatic rings. The van der Waals surface area contributed by atoms with Crippen LogP contribution in [-0.2, 0) is 4.79 Å². The number of Topliss-reactive ketones (excluding diaryl/α,β-unsaturated/α-hetero) is 2. The maximum Gasteiger partial charge on any atom is 0.166 e. The molecule has 0 heterocycles. The molecule has 1 rings (SSSR count). The fraction of sp³-hybridized carbons (Fsp3) is 0.529. The molecule has 3 nitrogen and oxygen atoms in total. The van der Waals surface area contributed by atoms with Crippen LogP contribution in [0.15, 0.2) is 18.2 Å². The van der Waals surface area contributed by atoms with Crippen LogP contribution in [0.2, 0.25) is 0 Å². The van der Waals surface area contributed by atoms with Crippen LogP contribution in [0.5, 0.6) is 5.75 Å². The number of carbonyl (C=O) groups excluding carboxylic acids is 2. The summed E-state index contributed by atoms with van der Waals surface area (Å²) < 4.78 is 0. The third-order valence-electron chi connectivity index (χ3n) is 3.69. The highest BCUT2D eigenvalue weighted by Crippen LogP contribution is 2.26. The molecule has 0 saturated heterocycles. The number of hydrogen-bond acceptors (Lipinski definition) is 3. The van der Waals surface area contributed by atoms with Gasteiger partial charge in [-0.2, -0.15) is 0 Å². The van der Waals surface area contributed by atoms with Crippen LogP contribution in [0.25, 0.3) is 0 Å². The summed E-state index contributed by atoms with van der Waals surface area (Å²) >= 11 is 0. The molecular formula is C17H24O3. The van der Waals surface area contributed by atoms with Crippen LogP contribution in [0.1, 0.15) is 74.7 Å². The summed E-state index contributed by atoms with van der Waals surface area (Å²) in [6.07, 6.45) is 3.31. The average Bonchev–Trinajstić information content (AvgIpc) is 2.42. The molecule has 0 fully saturated rings. The molecule has 0 aliphatic carbocycles. The molecule has 1 unspecified atom stereocenters. The monoisotopic (exact) mass is 276 g/mol. The number of benzene rings is 1. The lowest BCUT2D eigenvalue weighted by Gasteiger charge is -2.11. The average molecular weight is 276 g/mol. The molecule has 0 bridgehead atoms. The SMILES string of the molecule is CCC(C)c1ccc(O)c(C(=O)CCCCC(C)=O)c1. The van der Waals surface area contributed by atoms with E-state index in [0.717, 1.165) is 18.4 Å². The van der Waals surface area contributed by atoms with Crippen molar-refractivity contribution >= 4 is 11.6 Å². The van der Waals surface area contributed by atoms with Gasteiger partial charge in [0.05, 0.1) is 5.56 Å². The number of aromatic hydroxyl groups is 1. The predicted molar refractivity (Wildman–Crippen MR) is 80.3 cm³/mol. The minimum Gasteiger partial charge on any atom is -0.507 e. The topological polar surface area (TPSA) is 54.4 Å². The van der Waals surface area contributed by atoms with Gasteiger partial charge < -0.3 is 9.90 Å². The number of phenols is 1. The fourth-order valence-corrected chi connectivity index (χ4v) is 2.11. The van der Waals surface area contributed by atoms with Gasteiger partial charge in [0, 0.05) is 12.8 Å². The van der Waals surface area contributed by atoms with Gasteiger partial charge in [0.1, 0.15) is 11.5 Å². The van der Waals surface area contributed by atoms with Crippen molar-refractivity contribution in [1.82, 2.24) is 0 Å². The van der Waals surface area contributed by atoms with Gasteiger partial charge >= 0.3 is 0 Å². The van der Waals surface area contributed by atoms with Gasteiger partial charge in [-0.25, -0.2) is 0 Å². The van der Waals surface area contributed by atoms with Gasteiger partial charge in [-0.1, -0.05) is 19.9 Å². The van der Waals surface area contributed by atoms with E-state index in [4.69, 9.17) is 0 Å². The Morgan fingerprint density at radius 2 is 1.85 bits per heavy atom. The second-order valence-corrected chi connectivity index (χ2v) is 5.42. The van der Waals surface area contributed by atoms with Crippen molar-refractivity contribution in [3.05, 3.63) is 29.3 Å². The number of ketones is 2. The second kappa shape index (κ2) is 7.83. The van der Waals surface area contributed by atoms with Gasteiger partial charge in [0.25, 0.3) is 0 Å². The number of rotatable bonds is 8. The number of carbonyl (C=O) groups is 2. The van der Waals surface area contributed by atoms with E-state index in [9.17, 15) is 14.7 Å². The fourth-order valence-electron chi connectivity index (χ4n) is 2.11. The normalized spacial score (nSPS) is 12.2. The Hall–Kier alpha value is -1.64. The maximum absolute atomic E-state index is 12.1. The zero-order valence-corrected chi connectivity index (χ0v) is 12.6. The quantitative estimate of drug-likeness (QED) is 0.571. The number of hydrogen-bond donors (Lipinski definition) is 1. The molecule has 0 spiro atoms. The third-order valence-corrected chi connectivity index (χ3v) is 3.69. The van der Waals surface area contributed by atoms with Crippen LogP contribution < -0.4 is 0 Å². The maximum atomic E-state index is 12.1. The Balaban J connectivity index is 2.69. The first-order valence-electron chi connectivity index (χ1n) is 7.31. The van der Waals surface area contributed by atoms with Crippen LogP contribution in [0.4, 0.5) is 0 Å². The van der Waals surface area contributed by atoms with E-state index in [1.54, 1.807) is 19.1 Å². The van der Waals surface area contributed by atoms with Crippen LogP contribution in [0, 0.1) is 0 Å². The van der Waals surface area contributed by atoms with Crippen LogP contribution in [0.3, 0.4) is 0 Å². The highest BCUT2D eigenvalue weighted by atomic mass is 16.3. The first-order valence-corrected chi connectivity index (χ1v) is 7.31. The third kappa shape index (κ3) is 4.80. The van der Waals surface area contributed by atoms with Crippen molar-refractivity contribution in [1.29, 1.82) is 0 Å². The summed E-state index contributed by atoms with van der Waals surface area (Å²) in [6.45, 7) is 5.76. The Morgan fingerprint density at radius 1 is 1.20 bits per heavy atom. The molecule has 1 N–H and O–H groups in total. The summed E-state index contributed by atoms with van der Waals surface area (Å²) in [5, 5.41) is 9.83. The molecule has 1 aromatic rings. The van der Waals surface area contributed by atoms with E-state index in [2.05, 4.69) is 13.8 Å². The van der Waals surface area contributed by atoms with Crippen molar-refractivity contribution in [2.24, 2.45) is 0 Å². The van der Waals surface area contributed by atoms with E-state index < -0.39 is 0 Å². The summed E-state index contributed by atoms with van der Waals surface area (Å²) in [6, 6.07) is 5.27. The molecule has 3 heteroatoms.